The van der Waals surface area contributed by atoms with Crippen molar-refractivity contribution < 1.29 is 17.6 Å². The normalized spacial score (nSPS) is 11.8. The molecular weight excluding hydrogens is 254 g/mol. The van der Waals surface area contributed by atoms with Crippen LogP contribution >= 0.6 is 0 Å². The summed E-state index contributed by atoms with van der Waals surface area (Å²) in [4.78, 5) is 0. The Hall–Kier alpha value is -2.19. The molecule has 0 aliphatic heterocycles. The molecule has 9 heteroatoms. The van der Waals surface area contributed by atoms with E-state index in [1.165, 1.54) is 12.1 Å². The number of benzene rings is 1. The molecule has 5 nitrogen and oxygen atoms in total. The fourth-order valence-electron chi connectivity index (χ4n) is 1.39. The van der Waals surface area contributed by atoms with Crippen LogP contribution in [-0.4, -0.2) is 26.4 Å². The van der Waals surface area contributed by atoms with Gasteiger partial charge in [0.2, 0.25) is 0 Å². The Morgan fingerprint density at radius 2 is 2.00 bits per heavy atom. The van der Waals surface area contributed by atoms with Gasteiger partial charge in [0.05, 0.1) is 5.56 Å². The summed E-state index contributed by atoms with van der Waals surface area (Å²) in [6.07, 6.45) is -4.49. The second kappa shape index (κ2) is 4.24. The molecule has 1 aromatic heterocycles. The summed E-state index contributed by atoms with van der Waals surface area (Å²) in [7, 11) is 0. The number of alkyl halides is 3. The molecule has 1 aromatic carbocycles. The molecule has 0 bridgehead atoms. The summed E-state index contributed by atoms with van der Waals surface area (Å²) in [5.74, 6) is -1.09. The van der Waals surface area contributed by atoms with E-state index in [-0.39, 0.29) is 17.1 Å². The number of nitrogen functional groups attached to an aromatic ring is 1. The minimum absolute atomic E-state index is 0.140. The Morgan fingerprint density at radius 1 is 1.28 bits per heavy atom. The minimum Gasteiger partial charge on any atom is -0.399 e. The molecule has 0 unspecified atom stereocenters. The van der Waals surface area contributed by atoms with E-state index in [4.69, 9.17) is 5.73 Å². The summed E-state index contributed by atoms with van der Waals surface area (Å²) >= 11 is 0. The lowest BCUT2D eigenvalue weighted by molar-refractivity contribution is -0.142. The summed E-state index contributed by atoms with van der Waals surface area (Å²) < 4.78 is 50.8. The topological polar surface area (TPSA) is 69.6 Å². The van der Waals surface area contributed by atoms with Crippen LogP contribution in [-0.2, 0) is 6.54 Å². The van der Waals surface area contributed by atoms with Crippen LogP contribution in [0.15, 0.2) is 18.2 Å². The molecule has 1 heterocycles. The van der Waals surface area contributed by atoms with Crippen LogP contribution in [0.1, 0.15) is 0 Å². The highest BCUT2D eigenvalue weighted by Gasteiger charge is 2.30. The van der Waals surface area contributed by atoms with Crippen molar-refractivity contribution in [2.75, 3.05) is 5.73 Å². The average molecular weight is 261 g/mol. The Bertz CT molecular complexity index is 562. The first-order chi connectivity index (χ1) is 8.37. The zero-order chi connectivity index (χ0) is 13.3. The molecule has 18 heavy (non-hydrogen) atoms. The fourth-order valence-corrected chi connectivity index (χ4v) is 1.39. The van der Waals surface area contributed by atoms with Crippen LogP contribution in [0.4, 0.5) is 23.2 Å². The van der Waals surface area contributed by atoms with Gasteiger partial charge in [-0.15, -0.1) is 5.10 Å². The van der Waals surface area contributed by atoms with Gasteiger partial charge in [-0.3, -0.25) is 0 Å². The number of rotatable bonds is 2. The van der Waals surface area contributed by atoms with Crippen molar-refractivity contribution >= 4 is 5.69 Å². The number of nitrogens with zero attached hydrogens (tertiary/aromatic N) is 4. The van der Waals surface area contributed by atoms with Gasteiger partial charge in [-0.25, -0.2) is 9.07 Å². The van der Waals surface area contributed by atoms with E-state index < -0.39 is 18.5 Å². The van der Waals surface area contributed by atoms with Crippen LogP contribution in [0.5, 0.6) is 0 Å². The Morgan fingerprint density at radius 3 is 2.61 bits per heavy atom. The average Bonchev–Trinajstić information content (AvgIpc) is 2.63. The van der Waals surface area contributed by atoms with Crippen molar-refractivity contribution in [2.45, 2.75) is 12.7 Å². The highest BCUT2D eigenvalue weighted by atomic mass is 19.4. The van der Waals surface area contributed by atoms with Crippen molar-refractivity contribution in [1.82, 2.24) is 20.2 Å². The third kappa shape index (κ3) is 2.55. The summed E-state index contributed by atoms with van der Waals surface area (Å²) in [5.41, 5.74) is 5.36. The lowest BCUT2D eigenvalue weighted by Crippen LogP contribution is -2.19. The number of hydrogen-bond acceptors (Lipinski definition) is 4. The zero-order valence-corrected chi connectivity index (χ0v) is 8.82. The van der Waals surface area contributed by atoms with Crippen LogP contribution in [0.2, 0.25) is 0 Å². The van der Waals surface area contributed by atoms with Gasteiger partial charge >= 0.3 is 6.18 Å². The van der Waals surface area contributed by atoms with E-state index in [9.17, 15) is 17.6 Å². The first-order valence-corrected chi connectivity index (χ1v) is 4.75. The molecule has 2 N–H and O–H groups in total. The van der Waals surface area contributed by atoms with Gasteiger partial charge in [0.15, 0.2) is 5.82 Å². The van der Waals surface area contributed by atoms with Gasteiger partial charge < -0.3 is 5.73 Å². The minimum atomic E-state index is -4.49. The van der Waals surface area contributed by atoms with Gasteiger partial charge in [0.25, 0.3) is 0 Å². The predicted octanol–water partition coefficient (Wildman–Crippen LogP) is 1.62. The van der Waals surface area contributed by atoms with Gasteiger partial charge in [0.1, 0.15) is 12.4 Å². The number of nitrogens with two attached hydrogens (primary N) is 1. The van der Waals surface area contributed by atoms with Gasteiger partial charge in [0, 0.05) is 5.69 Å². The van der Waals surface area contributed by atoms with Gasteiger partial charge in [-0.05, 0) is 28.6 Å². The van der Waals surface area contributed by atoms with Gasteiger partial charge in [-0.2, -0.15) is 13.2 Å². The molecule has 0 fully saturated rings. The maximum atomic E-state index is 13.6. The molecular formula is C9H7F4N5. The first-order valence-electron chi connectivity index (χ1n) is 4.75. The first kappa shape index (κ1) is 12.3. The van der Waals surface area contributed by atoms with Crippen molar-refractivity contribution in [3.63, 3.8) is 0 Å². The fraction of sp³-hybridized carbons (Fsp3) is 0.222. The van der Waals surface area contributed by atoms with Crippen LogP contribution < -0.4 is 5.73 Å². The van der Waals surface area contributed by atoms with Crippen molar-refractivity contribution in [2.24, 2.45) is 0 Å². The Balaban J connectivity index is 2.42. The summed E-state index contributed by atoms with van der Waals surface area (Å²) in [5, 5.41) is 9.67. The third-order valence-electron chi connectivity index (χ3n) is 2.09. The summed E-state index contributed by atoms with van der Waals surface area (Å²) in [6, 6.07) is 3.57. The highest BCUT2D eigenvalue weighted by Crippen LogP contribution is 2.24. The predicted molar refractivity (Wildman–Crippen MR) is 53.7 cm³/mol. The smallest absolute Gasteiger partial charge is 0.399 e. The van der Waals surface area contributed by atoms with Crippen LogP contribution in [0.25, 0.3) is 11.4 Å². The molecule has 0 radical (unpaired) electrons. The molecule has 0 saturated heterocycles. The maximum Gasteiger partial charge on any atom is 0.408 e. The van der Waals surface area contributed by atoms with E-state index in [1.807, 2.05) is 0 Å². The van der Waals surface area contributed by atoms with E-state index in [0.717, 1.165) is 6.07 Å². The second-order valence-corrected chi connectivity index (χ2v) is 3.51. The molecule has 0 saturated carbocycles. The van der Waals surface area contributed by atoms with Crippen LogP contribution in [0.3, 0.4) is 0 Å². The van der Waals surface area contributed by atoms with Crippen LogP contribution in [0, 0.1) is 5.82 Å². The standard InChI is InChI=1S/C9H7F4N5/c10-7-3-5(14)1-2-6(7)8-15-16-17-18(8)4-9(11,12)13/h1-3H,4,14H2. The molecule has 0 spiro atoms. The molecule has 0 aliphatic carbocycles. The largest absolute Gasteiger partial charge is 0.408 e. The van der Waals surface area contributed by atoms with Gasteiger partial charge in [-0.1, -0.05) is 0 Å². The highest BCUT2D eigenvalue weighted by molar-refractivity contribution is 5.59. The van der Waals surface area contributed by atoms with E-state index in [1.54, 1.807) is 0 Å². The number of aromatic nitrogens is 4. The number of hydrogen-bond donors (Lipinski definition) is 1. The SMILES string of the molecule is Nc1ccc(-c2nnnn2CC(F)(F)F)c(F)c1. The number of anilines is 1. The number of halogens is 4. The lowest BCUT2D eigenvalue weighted by Gasteiger charge is -2.08. The van der Waals surface area contributed by atoms with Crippen molar-refractivity contribution in [3.8, 4) is 11.4 Å². The monoisotopic (exact) mass is 261 g/mol. The van der Waals surface area contributed by atoms with Crippen molar-refractivity contribution in [1.29, 1.82) is 0 Å². The maximum absolute atomic E-state index is 13.6. The molecule has 2 aromatic rings. The molecule has 0 aliphatic rings. The second-order valence-electron chi connectivity index (χ2n) is 3.51. The van der Waals surface area contributed by atoms with Crippen molar-refractivity contribution in [3.05, 3.63) is 24.0 Å². The summed E-state index contributed by atoms with van der Waals surface area (Å²) in [6.45, 7) is -1.39. The Labute approximate surface area is 98.2 Å². The quantitative estimate of drug-likeness (QED) is 0.658. The van der Waals surface area contributed by atoms with E-state index in [0.29, 0.717) is 4.68 Å². The number of tetrazole rings is 1. The zero-order valence-electron chi connectivity index (χ0n) is 8.82. The van der Waals surface area contributed by atoms with E-state index in [2.05, 4.69) is 15.5 Å². The molecule has 96 valence electrons. The lowest BCUT2D eigenvalue weighted by atomic mass is 10.2. The third-order valence-corrected chi connectivity index (χ3v) is 2.09. The Kier molecular flexibility index (Phi) is 2.89. The molecule has 2 rings (SSSR count). The molecule has 0 atom stereocenters. The van der Waals surface area contributed by atoms with E-state index >= 15 is 0 Å². The molecule has 0 amide bonds.